The molecule has 10 heavy (non-hydrogen) atoms. The highest BCUT2D eigenvalue weighted by Gasteiger charge is 1.90. The highest BCUT2D eigenvalue weighted by atomic mass is 32.1. The van der Waals surface area contributed by atoms with Crippen LogP contribution < -0.4 is 5.73 Å². The quantitative estimate of drug-likeness (QED) is 0.378. The van der Waals surface area contributed by atoms with Crippen molar-refractivity contribution in [2.45, 2.75) is 0 Å². The normalized spacial score (nSPS) is 8.40. The highest BCUT2D eigenvalue weighted by Crippen LogP contribution is 2.19. The van der Waals surface area contributed by atoms with Crippen molar-refractivity contribution in [1.82, 2.24) is 0 Å². The van der Waals surface area contributed by atoms with Crippen molar-refractivity contribution in [3.05, 3.63) is 24.3 Å². The van der Waals surface area contributed by atoms with E-state index in [0.29, 0.717) is 11.4 Å². The van der Waals surface area contributed by atoms with Gasteiger partial charge < -0.3 is 5.73 Å². The summed E-state index contributed by atoms with van der Waals surface area (Å²) in [7, 11) is 0. The number of rotatable bonds is 1. The van der Waals surface area contributed by atoms with Gasteiger partial charge in [0.1, 0.15) is 0 Å². The largest absolute Gasteiger partial charge is 0.397 e. The van der Waals surface area contributed by atoms with Gasteiger partial charge in [-0.25, -0.2) is 0 Å². The Morgan fingerprint density at radius 3 is 2.70 bits per heavy atom. The van der Waals surface area contributed by atoms with Crippen LogP contribution >= 0.6 is 12.2 Å². The predicted octanol–water partition coefficient (Wildman–Crippen LogP) is 2.00. The number of hydrogen-bond donors (Lipinski definition) is 1. The minimum atomic E-state index is 0.625. The molecule has 0 saturated heterocycles. The van der Waals surface area contributed by atoms with Gasteiger partial charge >= 0.3 is 0 Å². The van der Waals surface area contributed by atoms with Crippen LogP contribution in [-0.2, 0) is 0 Å². The molecule has 0 heterocycles. The average molecular weight is 150 g/mol. The van der Waals surface area contributed by atoms with Crippen molar-refractivity contribution in [2.75, 3.05) is 5.73 Å². The second-order valence-electron chi connectivity index (χ2n) is 1.76. The summed E-state index contributed by atoms with van der Waals surface area (Å²) in [5.41, 5.74) is 6.83. The Kier molecular flexibility index (Phi) is 2.15. The number of nitrogens with zero attached hydrogens (tertiary/aromatic N) is 1. The molecule has 1 aromatic rings. The third kappa shape index (κ3) is 1.41. The number of nitrogens with two attached hydrogens (primary N) is 1. The van der Waals surface area contributed by atoms with Crippen molar-refractivity contribution in [2.24, 2.45) is 4.99 Å². The Bertz CT molecular complexity index is 277. The molecule has 1 aromatic carbocycles. The topological polar surface area (TPSA) is 38.4 Å². The Balaban J connectivity index is 3.14. The van der Waals surface area contributed by atoms with Gasteiger partial charge in [0.05, 0.1) is 16.5 Å². The molecule has 0 aliphatic carbocycles. The molecule has 0 aliphatic heterocycles. The van der Waals surface area contributed by atoms with E-state index in [1.807, 2.05) is 12.1 Å². The Hall–Kier alpha value is -1.18. The minimum absolute atomic E-state index is 0.625. The fraction of sp³-hybridized carbons (Fsp3) is 0. The molecule has 2 nitrogen and oxygen atoms in total. The van der Waals surface area contributed by atoms with Crippen LogP contribution in [0.2, 0.25) is 0 Å². The molecular formula is C7H6N2S. The lowest BCUT2D eigenvalue weighted by Crippen LogP contribution is -1.82. The van der Waals surface area contributed by atoms with Crippen LogP contribution in [0, 0.1) is 0 Å². The van der Waals surface area contributed by atoms with Crippen LogP contribution in [-0.4, -0.2) is 5.16 Å². The zero-order valence-corrected chi connectivity index (χ0v) is 6.06. The highest BCUT2D eigenvalue weighted by molar-refractivity contribution is 7.78. The molecule has 3 heteroatoms. The van der Waals surface area contributed by atoms with Crippen LogP contribution in [0.3, 0.4) is 0 Å². The average Bonchev–Trinajstić information content (AvgIpc) is 1.94. The fourth-order valence-electron chi connectivity index (χ4n) is 0.639. The van der Waals surface area contributed by atoms with Crippen molar-refractivity contribution in [3.63, 3.8) is 0 Å². The second kappa shape index (κ2) is 3.11. The van der Waals surface area contributed by atoms with Gasteiger partial charge in [0.25, 0.3) is 0 Å². The second-order valence-corrected chi connectivity index (χ2v) is 1.94. The van der Waals surface area contributed by atoms with Crippen LogP contribution in [0.15, 0.2) is 29.3 Å². The first kappa shape index (κ1) is 6.93. The number of para-hydroxylation sites is 2. The summed E-state index contributed by atoms with van der Waals surface area (Å²) in [5, 5.41) is 2.25. The molecule has 0 unspecified atom stereocenters. The molecule has 0 spiro atoms. The van der Waals surface area contributed by atoms with E-state index >= 15 is 0 Å². The number of thiocarbonyl (C=S) groups is 1. The molecule has 1 rings (SSSR count). The lowest BCUT2D eigenvalue weighted by molar-refractivity contribution is 1.55. The number of isothiocyanates is 1. The molecule has 0 radical (unpaired) electrons. The van der Waals surface area contributed by atoms with Gasteiger partial charge in [0.15, 0.2) is 0 Å². The summed E-state index contributed by atoms with van der Waals surface area (Å²) in [6.07, 6.45) is 0. The van der Waals surface area contributed by atoms with Crippen molar-refractivity contribution < 1.29 is 0 Å². The Labute approximate surface area is 64.4 Å². The summed E-state index contributed by atoms with van der Waals surface area (Å²) < 4.78 is 0. The Morgan fingerprint density at radius 1 is 1.40 bits per heavy atom. The summed E-state index contributed by atoms with van der Waals surface area (Å²) in [5.74, 6) is 0. The van der Waals surface area contributed by atoms with Crippen molar-refractivity contribution >= 4 is 28.8 Å². The monoisotopic (exact) mass is 150 g/mol. The van der Waals surface area contributed by atoms with E-state index in [2.05, 4.69) is 22.4 Å². The van der Waals surface area contributed by atoms with E-state index in [4.69, 9.17) is 5.73 Å². The van der Waals surface area contributed by atoms with Crippen LogP contribution in [0.1, 0.15) is 0 Å². The van der Waals surface area contributed by atoms with E-state index in [9.17, 15) is 0 Å². The first-order valence-electron chi connectivity index (χ1n) is 2.77. The minimum Gasteiger partial charge on any atom is -0.397 e. The fourth-order valence-corrected chi connectivity index (χ4v) is 0.737. The molecule has 0 fully saturated rings. The SMILES string of the molecule is Nc1ccccc1N=C=S. The van der Waals surface area contributed by atoms with Gasteiger partial charge in [-0.15, -0.1) is 0 Å². The maximum atomic E-state index is 5.53. The van der Waals surface area contributed by atoms with Gasteiger partial charge in [-0.05, 0) is 24.4 Å². The van der Waals surface area contributed by atoms with Crippen LogP contribution in [0.5, 0.6) is 0 Å². The zero-order valence-electron chi connectivity index (χ0n) is 5.24. The van der Waals surface area contributed by atoms with Gasteiger partial charge in [-0.1, -0.05) is 12.1 Å². The molecule has 2 N–H and O–H groups in total. The molecule has 0 atom stereocenters. The number of nitrogen functional groups attached to an aromatic ring is 1. The standard InChI is InChI=1S/C7H6N2S/c8-6-3-1-2-4-7(6)9-5-10/h1-4H,8H2. The van der Waals surface area contributed by atoms with Gasteiger partial charge in [0, 0.05) is 0 Å². The Morgan fingerprint density at radius 2 is 2.10 bits per heavy atom. The van der Waals surface area contributed by atoms with Gasteiger partial charge in [-0.2, -0.15) is 4.99 Å². The number of anilines is 1. The lowest BCUT2D eigenvalue weighted by atomic mass is 10.3. The van der Waals surface area contributed by atoms with Gasteiger partial charge in [0.2, 0.25) is 0 Å². The van der Waals surface area contributed by atoms with Crippen molar-refractivity contribution in [3.8, 4) is 0 Å². The summed E-state index contributed by atoms with van der Waals surface area (Å²) in [6.45, 7) is 0. The molecule has 0 aliphatic rings. The molecule has 0 aromatic heterocycles. The summed E-state index contributed by atoms with van der Waals surface area (Å²) in [4.78, 5) is 3.75. The molecular weight excluding hydrogens is 144 g/mol. The van der Waals surface area contributed by atoms with E-state index in [1.165, 1.54) is 0 Å². The van der Waals surface area contributed by atoms with E-state index in [-0.39, 0.29) is 0 Å². The van der Waals surface area contributed by atoms with Crippen LogP contribution in [0.25, 0.3) is 0 Å². The molecule has 0 saturated carbocycles. The zero-order chi connectivity index (χ0) is 7.40. The summed E-state index contributed by atoms with van der Waals surface area (Å²) >= 11 is 4.42. The van der Waals surface area contributed by atoms with E-state index in [1.54, 1.807) is 12.1 Å². The lowest BCUT2D eigenvalue weighted by Gasteiger charge is -1.93. The molecule has 0 bridgehead atoms. The summed E-state index contributed by atoms with van der Waals surface area (Å²) in [6, 6.07) is 7.25. The number of aliphatic imine (C=N–C) groups is 1. The first-order valence-corrected chi connectivity index (χ1v) is 3.18. The molecule has 50 valence electrons. The van der Waals surface area contributed by atoms with Crippen LogP contribution in [0.4, 0.5) is 11.4 Å². The number of hydrogen-bond acceptors (Lipinski definition) is 3. The van der Waals surface area contributed by atoms with Crippen molar-refractivity contribution in [1.29, 1.82) is 0 Å². The molecule has 0 amide bonds. The predicted molar refractivity (Wildman–Crippen MR) is 45.5 cm³/mol. The smallest absolute Gasteiger partial charge is 0.0968 e. The maximum Gasteiger partial charge on any atom is 0.0968 e. The third-order valence-electron chi connectivity index (χ3n) is 1.10. The third-order valence-corrected chi connectivity index (χ3v) is 1.19. The first-order chi connectivity index (χ1) is 4.84. The van der Waals surface area contributed by atoms with E-state index < -0.39 is 0 Å². The van der Waals surface area contributed by atoms with Gasteiger partial charge in [-0.3, -0.25) is 0 Å². The number of benzene rings is 1. The maximum absolute atomic E-state index is 5.53. The van der Waals surface area contributed by atoms with E-state index in [0.717, 1.165) is 0 Å².